The van der Waals surface area contributed by atoms with E-state index >= 15 is 0 Å². The molecule has 0 fully saturated rings. The van der Waals surface area contributed by atoms with Crippen LogP contribution in [-0.2, 0) is 63.6 Å². The second-order valence-electron chi connectivity index (χ2n) is 0. The Hall–Kier alpha value is 1.17. The van der Waals surface area contributed by atoms with Gasteiger partial charge in [-0.2, -0.15) is 0 Å². The zero-order valence-corrected chi connectivity index (χ0v) is 5.63. The van der Waals surface area contributed by atoms with Gasteiger partial charge in [-0.05, 0) is 0 Å². The molecule has 0 N–H and O–H groups in total. The van der Waals surface area contributed by atoms with Gasteiger partial charge in [0.1, 0.15) is 0 Å². The topological polar surface area (TPSA) is 51.2 Å². The molecule has 6 heteroatoms. The molecule has 0 aromatic rings. The third-order valence-electron chi connectivity index (χ3n) is 0. The van der Waals surface area contributed by atoms with Crippen LogP contribution in [0.5, 0.6) is 0 Å². The van der Waals surface area contributed by atoms with Crippen LogP contribution in [0.1, 0.15) is 0 Å². The second-order valence-corrected chi connectivity index (χ2v) is 0. The Balaban J connectivity index is -0.0000000225. The molecule has 0 aliphatic heterocycles. The van der Waals surface area contributed by atoms with Crippen molar-refractivity contribution in [1.82, 2.24) is 0 Å². The summed E-state index contributed by atoms with van der Waals surface area (Å²) in [5, 5.41) is 0. The van der Waals surface area contributed by atoms with Gasteiger partial charge >= 0.3 is 63.6 Å². The molecule has 0 unspecified atom stereocenters. The average Bonchev–Trinajstić information content (AvgIpc) is 1.81. The summed E-state index contributed by atoms with van der Waals surface area (Å²) in [6.45, 7) is 0. The molecule has 49 valence electrons. The SMILES string of the molecule is [O]=[Ag].[O]=[Co].[O]=[Cu]. The van der Waals surface area contributed by atoms with E-state index in [1.54, 1.807) is 21.0 Å². The van der Waals surface area contributed by atoms with Gasteiger partial charge < -0.3 is 0 Å². The summed E-state index contributed by atoms with van der Waals surface area (Å²) in [5.41, 5.74) is 0. The van der Waals surface area contributed by atoms with E-state index in [1.165, 1.54) is 0 Å². The zero-order valence-electron chi connectivity index (χ0n) is 2.16. The first-order valence-corrected chi connectivity index (χ1v) is 1.80. The van der Waals surface area contributed by atoms with E-state index in [2.05, 4.69) is 31.6 Å². The number of hydrogen-bond donors (Lipinski definition) is 0. The molecule has 0 spiro atoms. The van der Waals surface area contributed by atoms with Crippen molar-refractivity contribution in [1.29, 1.82) is 0 Å². The molecule has 3 nitrogen and oxygen atoms in total. The first-order valence-electron chi connectivity index (χ1n) is 0.382. The van der Waals surface area contributed by atoms with Crippen molar-refractivity contribution in [2.45, 2.75) is 0 Å². The molecule has 0 radical (unpaired) electrons. The van der Waals surface area contributed by atoms with Crippen LogP contribution >= 0.6 is 0 Å². The molecule has 0 aromatic carbocycles. The fourth-order valence-electron chi connectivity index (χ4n) is 0. The van der Waals surface area contributed by atoms with Gasteiger partial charge in [0, 0.05) is 0 Å². The van der Waals surface area contributed by atoms with Crippen LogP contribution in [-0.4, -0.2) is 0 Å². The van der Waals surface area contributed by atoms with Gasteiger partial charge in [0.05, 0.1) is 0 Å². The van der Waals surface area contributed by atoms with Crippen molar-refractivity contribution in [3.8, 4) is 0 Å². The molecular weight excluding hydrogens is 278 g/mol. The summed E-state index contributed by atoms with van der Waals surface area (Å²) in [6, 6.07) is 0. The zero-order chi connectivity index (χ0) is 6.00. The van der Waals surface area contributed by atoms with Crippen LogP contribution in [0.3, 0.4) is 0 Å². The summed E-state index contributed by atoms with van der Waals surface area (Å²) >= 11 is 6.95. The van der Waals surface area contributed by atoms with Gasteiger partial charge in [0.25, 0.3) is 0 Å². The Morgan fingerprint density at radius 1 is 1.17 bits per heavy atom. The van der Waals surface area contributed by atoms with E-state index in [0.29, 0.717) is 0 Å². The predicted molar refractivity (Wildman–Crippen MR) is 2.06 cm³/mol. The van der Waals surface area contributed by atoms with Crippen LogP contribution < -0.4 is 0 Å². The average molecular weight is 278 g/mol. The van der Waals surface area contributed by atoms with Gasteiger partial charge in [-0.15, -0.1) is 0 Å². The van der Waals surface area contributed by atoms with E-state index in [9.17, 15) is 0 Å². The van der Waals surface area contributed by atoms with E-state index in [0.717, 1.165) is 0 Å². The van der Waals surface area contributed by atoms with Gasteiger partial charge in [-0.25, -0.2) is 0 Å². The first kappa shape index (κ1) is 15.7. The van der Waals surface area contributed by atoms with Crippen LogP contribution in [0.4, 0.5) is 0 Å². The third-order valence-corrected chi connectivity index (χ3v) is 0. The molecule has 0 rings (SSSR count). The molecule has 0 heterocycles. The number of hydrogen-bond acceptors (Lipinski definition) is 3. The summed E-state index contributed by atoms with van der Waals surface area (Å²) < 4.78 is 23.8. The van der Waals surface area contributed by atoms with Crippen LogP contribution in [0.25, 0.3) is 0 Å². The fourth-order valence-corrected chi connectivity index (χ4v) is 0. The maximum absolute atomic E-state index is 8.06. The van der Waals surface area contributed by atoms with Crippen molar-refractivity contribution in [3.05, 3.63) is 0 Å². The Morgan fingerprint density at radius 2 is 1.17 bits per heavy atom. The maximum atomic E-state index is 8.06. The molecule has 0 aromatic heterocycles. The quantitative estimate of drug-likeness (QED) is 0.568. The summed E-state index contributed by atoms with van der Waals surface area (Å²) in [7, 11) is 0. The second kappa shape index (κ2) is 121. The molecule has 0 aliphatic rings. The Morgan fingerprint density at radius 3 is 1.17 bits per heavy atom. The Labute approximate surface area is 63.3 Å². The number of rotatable bonds is 0. The van der Waals surface area contributed by atoms with Crippen molar-refractivity contribution in [3.63, 3.8) is 0 Å². The molecule has 0 atom stereocenters. The first-order chi connectivity index (χ1) is 3.00. The Kier molecular flexibility index (Phi) is 317. The minimum atomic E-state index is 1.70. The van der Waals surface area contributed by atoms with Gasteiger partial charge in [-0.3, -0.25) is 0 Å². The monoisotopic (exact) mass is 277 g/mol. The van der Waals surface area contributed by atoms with E-state index < -0.39 is 0 Å². The van der Waals surface area contributed by atoms with Gasteiger partial charge in [0.2, 0.25) is 0 Å². The van der Waals surface area contributed by atoms with Crippen molar-refractivity contribution in [2.75, 3.05) is 0 Å². The van der Waals surface area contributed by atoms with Crippen molar-refractivity contribution in [2.24, 2.45) is 0 Å². The van der Waals surface area contributed by atoms with Crippen molar-refractivity contribution >= 4 is 0 Å². The van der Waals surface area contributed by atoms with E-state index in [-0.39, 0.29) is 0 Å². The molecule has 0 saturated heterocycles. The molecule has 0 aliphatic carbocycles. The normalized spacial score (nSPS) is 2.83. The summed E-state index contributed by atoms with van der Waals surface area (Å²) in [5.74, 6) is 0. The van der Waals surface area contributed by atoms with Crippen LogP contribution in [0.15, 0.2) is 0 Å². The molecule has 0 bridgehead atoms. The predicted octanol–water partition coefficient (Wildman–Crippen LogP) is -0.364. The molecule has 0 amide bonds. The minimum absolute atomic E-state index is 1.70. The Bertz CT molecular complexity index is 15.5. The van der Waals surface area contributed by atoms with E-state index in [1.807, 2.05) is 0 Å². The van der Waals surface area contributed by atoms with Crippen LogP contribution in [0.2, 0.25) is 0 Å². The summed E-state index contributed by atoms with van der Waals surface area (Å²) in [6.07, 6.45) is 0. The molecular formula is AgCoCuO3. The fraction of sp³-hybridized carbons (Fsp3) is 0. The molecule has 0 saturated carbocycles. The standard InChI is InChI=1S/Ag.Co.Cu.3O. The molecule has 6 heavy (non-hydrogen) atoms. The van der Waals surface area contributed by atoms with E-state index in [4.69, 9.17) is 11.0 Å². The van der Waals surface area contributed by atoms with Crippen LogP contribution in [0, 0.1) is 0 Å². The third kappa shape index (κ3) is 65.9. The van der Waals surface area contributed by atoms with Gasteiger partial charge in [-0.1, -0.05) is 0 Å². The van der Waals surface area contributed by atoms with Gasteiger partial charge in [0.15, 0.2) is 0 Å². The summed E-state index contributed by atoms with van der Waals surface area (Å²) in [4.78, 5) is 0. The van der Waals surface area contributed by atoms with Crippen molar-refractivity contribution < 1.29 is 63.6 Å².